The number of thioether (sulfide) groups is 1. The molecule has 1 amide bonds. The van der Waals surface area contributed by atoms with Gasteiger partial charge in [-0.05, 0) is 37.6 Å². The number of hydrogen-bond donors (Lipinski definition) is 1. The fourth-order valence-corrected chi connectivity index (χ4v) is 3.72. The number of aryl methyl sites for hydroxylation is 2. The number of amides is 1. The number of aromatic nitrogens is 1. The number of rotatable bonds is 5. The highest BCUT2D eigenvalue weighted by atomic mass is 35.5. The zero-order chi connectivity index (χ0) is 19.4. The average Bonchev–Trinajstić information content (AvgIpc) is 2.63. The normalized spacial score (nSPS) is 11.3. The Morgan fingerprint density at radius 1 is 1.30 bits per heavy atom. The van der Waals surface area contributed by atoms with Crippen molar-refractivity contribution in [3.8, 4) is 0 Å². The van der Waals surface area contributed by atoms with Gasteiger partial charge >= 0.3 is 0 Å². The molecule has 1 N–H and O–H groups in total. The molecule has 0 bridgehead atoms. The zero-order valence-corrected chi connectivity index (χ0v) is 16.4. The number of halogens is 2. The van der Waals surface area contributed by atoms with Gasteiger partial charge in [-0.3, -0.25) is 9.78 Å². The monoisotopic (exact) mass is 401 g/mol. The van der Waals surface area contributed by atoms with Crippen LogP contribution in [0.4, 0.5) is 4.39 Å². The van der Waals surface area contributed by atoms with Crippen molar-refractivity contribution < 1.29 is 9.18 Å². The van der Waals surface area contributed by atoms with Crippen molar-refractivity contribution in [2.45, 2.75) is 18.7 Å². The Balaban J connectivity index is 1.67. The van der Waals surface area contributed by atoms with Gasteiger partial charge in [0.2, 0.25) is 5.91 Å². The highest BCUT2D eigenvalue weighted by Gasteiger charge is 2.09. The number of carbonyl (C=O) groups is 1. The third-order valence-electron chi connectivity index (χ3n) is 3.87. The molecule has 0 aliphatic rings. The highest BCUT2D eigenvalue weighted by Crippen LogP contribution is 2.29. The van der Waals surface area contributed by atoms with Crippen LogP contribution in [-0.2, 0) is 4.79 Å². The van der Waals surface area contributed by atoms with Gasteiger partial charge in [-0.1, -0.05) is 35.9 Å². The molecule has 0 atom stereocenters. The Labute approximate surface area is 165 Å². The minimum atomic E-state index is -0.496. The van der Waals surface area contributed by atoms with Gasteiger partial charge in [-0.25, -0.2) is 9.82 Å². The summed E-state index contributed by atoms with van der Waals surface area (Å²) < 4.78 is 13.7. The number of nitrogens with one attached hydrogen (secondary N) is 1. The first-order valence-electron chi connectivity index (χ1n) is 8.21. The molecule has 0 radical (unpaired) electrons. The minimum absolute atomic E-state index is 0.137. The molecule has 0 unspecified atom stereocenters. The Hall–Kier alpha value is -2.44. The lowest BCUT2D eigenvalue weighted by Gasteiger charge is -2.09. The van der Waals surface area contributed by atoms with E-state index in [0.29, 0.717) is 0 Å². The number of hydrazone groups is 1. The summed E-state index contributed by atoms with van der Waals surface area (Å²) in [6.45, 7) is 3.94. The van der Waals surface area contributed by atoms with E-state index in [-0.39, 0.29) is 22.2 Å². The molecular weight excluding hydrogens is 385 g/mol. The van der Waals surface area contributed by atoms with E-state index >= 15 is 0 Å². The Morgan fingerprint density at radius 3 is 2.85 bits per heavy atom. The molecule has 1 heterocycles. The maximum absolute atomic E-state index is 13.7. The third kappa shape index (κ3) is 4.64. The van der Waals surface area contributed by atoms with E-state index in [0.717, 1.165) is 27.1 Å². The van der Waals surface area contributed by atoms with Gasteiger partial charge in [0.15, 0.2) is 0 Å². The van der Waals surface area contributed by atoms with Gasteiger partial charge in [-0.2, -0.15) is 5.10 Å². The van der Waals surface area contributed by atoms with E-state index in [2.05, 4.69) is 15.5 Å². The number of hydrogen-bond acceptors (Lipinski definition) is 4. The first-order valence-corrected chi connectivity index (χ1v) is 9.58. The maximum atomic E-state index is 13.7. The highest BCUT2D eigenvalue weighted by molar-refractivity contribution is 8.00. The van der Waals surface area contributed by atoms with Gasteiger partial charge in [0.05, 0.1) is 22.5 Å². The molecule has 0 aliphatic carbocycles. The predicted molar refractivity (Wildman–Crippen MR) is 109 cm³/mol. The molecule has 0 spiro atoms. The van der Waals surface area contributed by atoms with Crippen molar-refractivity contribution in [2.24, 2.45) is 5.10 Å². The lowest BCUT2D eigenvalue weighted by atomic mass is 10.1. The molecule has 7 heteroatoms. The Kier molecular flexibility index (Phi) is 6.08. The van der Waals surface area contributed by atoms with Crippen LogP contribution in [0.5, 0.6) is 0 Å². The summed E-state index contributed by atoms with van der Waals surface area (Å²) in [6, 6.07) is 12.3. The zero-order valence-electron chi connectivity index (χ0n) is 14.8. The van der Waals surface area contributed by atoms with Crippen LogP contribution in [0.1, 0.15) is 16.8 Å². The van der Waals surface area contributed by atoms with E-state index in [1.807, 2.05) is 38.1 Å². The molecule has 2 aromatic carbocycles. The molecule has 0 saturated carbocycles. The SMILES string of the molecule is Cc1cc(SCC(=O)NN=Cc2c(F)cccc2Cl)c2cccc(C)c2n1. The van der Waals surface area contributed by atoms with Crippen LogP contribution in [-0.4, -0.2) is 22.9 Å². The summed E-state index contributed by atoms with van der Waals surface area (Å²) in [7, 11) is 0. The van der Waals surface area contributed by atoms with Crippen LogP contribution >= 0.6 is 23.4 Å². The first-order chi connectivity index (χ1) is 13.0. The Bertz CT molecular complexity index is 1020. The first kappa shape index (κ1) is 19.3. The van der Waals surface area contributed by atoms with E-state index < -0.39 is 5.82 Å². The Morgan fingerprint density at radius 2 is 2.07 bits per heavy atom. The summed E-state index contributed by atoms with van der Waals surface area (Å²) in [6.07, 6.45) is 1.20. The molecule has 3 rings (SSSR count). The predicted octanol–water partition coefficient (Wildman–Crippen LogP) is 4.89. The van der Waals surface area contributed by atoms with Crippen LogP contribution in [0.15, 0.2) is 52.5 Å². The summed E-state index contributed by atoms with van der Waals surface area (Å²) in [5.74, 6) is -0.613. The quantitative estimate of drug-likeness (QED) is 0.376. The largest absolute Gasteiger partial charge is 0.272 e. The molecule has 0 fully saturated rings. The van der Waals surface area contributed by atoms with Crippen LogP contribution in [0.2, 0.25) is 5.02 Å². The molecule has 27 heavy (non-hydrogen) atoms. The number of benzene rings is 2. The average molecular weight is 402 g/mol. The van der Waals surface area contributed by atoms with Gasteiger partial charge in [0, 0.05) is 21.5 Å². The third-order valence-corrected chi connectivity index (χ3v) is 5.26. The summed E-state index contributed by atoms with van der Waals surface area (Å²) in [5, 5.41) is 5.04. The van der Waals surface area contributed by atoms with Crippen LogP contribution in [0, 0.1) is 19.7 Å². The van der Waals surface area contributed by atoms with Crippen molar-refractivity contribution in [2.75, 3.05) is 5.75 Å². The van der Waals surface area contributed by atoms with E-state index in [1.54, 1.807) is 6.07 Å². The second-order valence-corrected chi connectivity index (χ2v) is 7.37. The van der Waals surface area contributed by atoms with Crippen molar-refractivity contribution in [3.05, 3.63) is 70.1 Å². The van der Waals surface area contributed by atoms with Crippen LogP contribution in [0.3, 0.4) is 0 Å². The molecule has 1 aromatic heterocycles. The van der Waals surface area contributed by atoms with Crippen molar-refractivity contribution in [1.82, 2.24) is 10.4 Å². The molecule has 3 aromatic rings. The van der Waals surface area contributed by atoms with Gasteiger partial charge in [0.25, 0.3) is 0 Å². The van der Waals surface area contributed by atoms with Crippen LogP contribution < -0.4 is 5.43 Å². The fourth-order valence-electron chi connectivity index (χ4n) is 2.58. The number of para-hydroxylation sites is 1. The van der Waals surface area contributed by atoms with Crippen LogP contribution in [0.25, 0.3) is 10.9 Å². The molecule has 138 valence electrons. The maximum Gasteiger partial charge on any atom is 0.250 e. The molecular formula is C20H17ClFN3OS. The van der Waals surface area contributed by atoms with Gasteiger partial charge in [-0.15, -0.1) is 11.8 Å². The summed E-state index contributed by atoms with van der Waals surface area (Å²) >= 11 is 7.32. The van der Waals surface area contributed by atoms with E-state index in [9.17, 15) is 9.18 Å². The van der Waals surface area contributed by atoms with Gasteiger partial charge < -0.3 is 0 Å². The number of nitrogens with zero attached hydrogens (tertiary/aromatic N) is 2. The van der Waals surface area contributed by atoms with E-state index in [1.165, 1.54) is 30.1 Å². The number of pyridine rings is 1. The van der Waals surface area contributed by atoms with Crippen molar-refractivity contribution in [3.63, 3.8) is 0 Å². The van der Waals surface area contributed by atoms with Crippen molar-refractivity contribution >= 4 is 46.4 Å². The lowest BCUT2D eigenvalue weighted by molar-refractivity contribution is -0.118. The second-order valence-electron chi connectivity index (χ2n) is 5.95. The number of fused-ring (bicyclic) bond motifs is 1. The standard InChI is InChI=1S/C20H17ClFN3OS/c1-12-5-3-6-14-18(9-13(2)24-20(12)14)27-11-19(26)25-23-10-15-16(21)7-4-8-17(15)22/h3-10H,11H2,1-2H3,(H,25,26). The van der Waals surface area contributed by atoms with Gasteiger partial charge in [0.1, 0.15) is 5.82 Å². The van der Waals surface area contributed by atoms with E-state index in [4.69, 9.17) is 11.6 Å². The molecule has 0 saturated heterocycles. The minimum Gasteiger partial charge on any atom is -0.272 e. The fraction of sp³-hybridized carbons (Fsp3) is 0.150. The molecule has 4 nitrogen and oxygen atoms in total. The summed E-state index contributed by atoms with van der Waals surface area (Å²) in [4.78, 5) is 17.6. The second kappa shape index (κ2) is 8.50. The number of carbonyl (C=O) groups excluding carboxylic acids is 1. The smallest absolute Gasteiger partial charge is 0.250 e. The summed E-state index contributed by atoms with van der Waals surface area (Å²) in [5.41, 5.74) is 5.46. The molecule has 0 aliphatic heterocycles. The lowest BCUT2D eigenvalue weighted by Crippen LogP contribution is -2.19. The topological polar surface area (TPSA) is 54.4 Å². The van der Waals surface area contributed by atoms with Crippen molar-refractivity contribution in [1.29, 1.82) is 0 Å².